The van der Waals surface area contributed by atoms with Crippen molar-refractivity contribution in [3.05, 3.63) is 52.5 Å². The number of imidazole rings is 1. The van der Waals surface area contributed by atoms with Crippen LogP contribution in [0.5, 0.6) is 0 Å². The molecule has 4 heteroatoms. The maximum absolute atomic E-state index is 4.35. The SMILES string of the molecule is CC1CCCC(c2cncn2Cc2ccc(Br)cc2)N1. The minimum Gasteiger partial charge on any atom is -0.329 e. The topological polar surface area (TPSA) is 29.9 Å². The zero-order valence-corrected chi connectivity index (χ0v) is 13.3. The summed E-state index contributed by atoms with van der Waals surface area (Å²) in [6.45, 7) is 3.15. The van der Waals surface area contributed by atoms with E-state index in [0.717, 1.165) is 11.0 Å². The Morgan fingerprint density at radius 2 is 2.10 bits per heavy atom. The Kier molecular flexibility index (Phi) is 4.22. The van der Waals surface area contributed by atoms with E-state index in [1.165, 1.54) is 30.5 Å². The Bertz CT molecular complexity index is 561. The van der Waals surface area contributed by atoms with Gasteiger partial charge in [0.25, 0.3) is 0 Å². The van der Waals surface area contributed by atoms with Crippen molar-refractivity contribution in [2.45, 2.75) is 44.8 Å². The third-order valence-electron chi connectivity index (χ3n) is 3.98. The van der Waals surface area contributed by atoms with Crippen LogP contribution in [0.1, 0.15) is 43.5 Å². The number of benzene rings is 1. The van der Waals surface area contributed by atoms with Gasteiger partial charge in [0, 0.05) is 29.3 Å². The normalized spacial score (nSPS) is 22.9. The first-order valence-electron chi connectivity index (χ1n) is 7.23. The van der Waals surface area contributed by atoms with Crippen molar-refractivity contribution in [1.29, 1.82) is 0 Å². The first-order chi connectivity index (χ1) is 9.72. The Labute approximate surface area is 128 Å². The molecule has 2 heterocycles. The molecule has 0 spiro atoms. The van der Waals surface area contributed by atoms with E-state index in [2.05, 4.69) is 62.0 Å². The highest BCUT2D eigenvalue weighted by molar-refractivity contribution is 9.10. The van der Waals surface area contributed by atoms with Gasteiger partial charge in [-0.15, -0.1) is 0 Å². The third kappa shape index (κ3) is 3.13. The van der Waals surface area contributed by atoms with E-state index in [-0.39, 0.29) is 0 Å². The summed E-state index contributed by atoms with van der Waals surface area (Å²) in [5.41, 5.74) is 2.61. The minimum absolute atomic E-state index is 0.441. The molecule has 0 saturated carbocycles. The average molecular weight is 334 g/mol. The molecule has 20 heavy (non-hydrogen) atoms. The lowest BCUT2D eigenvalue weighted by Crippen LogP contribution is -2.35. The number of rotatable bonds is 3. The molecule has 1 aromatic heterocycles. The lowest BCUT2D eigenvalue weighted by atomic mass is 9.97. The lowest BCUT2D eigenvalue weighted by Gasteiger charge is -2.29. The van der Waals surface area contributed by atoms with Crippen LogP contribution in [-0.2, 0) is 6.54 Å². The highest BCUT2D eigenvalue weighted by Gasteiger charge is 2.22. The fraction of sp³-hybridized carbons (Fsp3) is 0.438. The van der Waals surface area contributed by atoms with E-state index in [1.807, 2.05) is 12.5 Å². The standard InChI is InChI=1S/C16H20BrN3/c1-12-3-2-4-15(19-12)16-9-18-11-20(16)10-13-5-7-14(17)8-6-13/h5-9,11-12,15,19H,2-4,10H2,1H3. The van der Waals surface area contributed by atoms with Gasteiger partial charge in [-0.2, -0.15) is 0 Å². The van der Waals surface area contributed by atoms with Crippen LogP contribution in [0.2, 0.25) is 0 Å². The van der Waals surface area contributed by atoms with Crippen LogP contribution in [0.15, 0.2) is 41.3 Å². The monoisotopic (exact) mass is 333 g/mol. The van der Waals surface area contributed by atoms with Crippen LogP contribution in [0, 0.1) is 0 Å². The second-order valence-corrected chi connectivity index (χ2v) is 6.54. The van der Waals surface area contributed by atoms with Crippen molar-refractivity contribution in [1.82, 2.24) is 14.9 Å². The zero-order chi connectivity index (χ0) is 13.9. The molecular weight excluding hydrogens is 314 g/mol. The van der Waals surface area contributed by atoms with Gasteiger partial charge in [0.1, 0.15) is 0 Å². The molecule has 1 fully saturated rings. The second-order valence-electron chi connectivity index (χ2n) is 5.62. The van der Waals surface area contributed by atoms with Crippen LogP contribution in [0.4, 0.5) is 0 Å². The predicted octanol–water partition coefficient (Wildman–Crippen LogP) is 3.90. The maximum Gasteiger partial charge on any atom is 0.0951 e. The number of nitrogens with one attached hydrogen (secondary N) is 1. The fourth-order valence-corrected chi connectivity index (χ4v) is 3.18. The summed E-state index contributed by atoms with van der Waals surface area (Å²) in [6, 6.07) is 9.54. The Morgan fingerprint density at radius 1 is 1.30 bits per heavy atom. The van der Waals surface area contributed by atoms with Gasteiger partial charge in [-0.05, 0) is 43.9 Å². The van der Waals surface area contributed by atoms with Crippen molar-refractivity contribution < 1.29 is 0 Å². The van der Waals surface area contributed by atoms with E-state index >= 15 is 0 Å². The lowest BCUT2D eigenvalue weighted by molar-refractivity contribution is 0.330. The highest BCUT2D eigenvalue weighted by atomic mass is 79.9. The van der Waals surface area contributed by atoms with Gasteiger partial charge in [0.2, 0.25) is 0 Å². The molecule has 0 bridgehead atoms. The number of piperidine rings is 1. The molecule has 1 aliphatic heterocycles. The first kappa shape index (κ1) is 13.8. The molecule has 3 nitrogen and oxygen atoms in total. The van der Waals surface area contributed by atoms with Crippen molar-refractivity contribution in [2.75, 3.05) is 0 Å². The number of hydrogen-bond donors (Lipinski definition) is 1. The second kappa shape index (κ2) is 6.10. The van der Waals surface area contributed by atoms with Crippen molar-refractivity contribution in [3.63, 3.8) is 0 Å². The summed E-state index contributed by atoms with van der Waals surface area (Å²) in [4.78, 5) is 4.35. The van der Waals surface area contributed by atoms with E-state index in [4.69, 9.17) is 0 Å². The van der Waals surface area contributed by atoms with Crippen molar-refractivity contribution in [3.8, 4) is 0 Å². The third-order valence-corrected chi connectivity index (χ3v) is 4.51. The van der Waals surface area contributed by atoms with Crippen LogP contribution in [0.25, 0.3) is 0 Å². The quantitative estimate of drug-likeness (QED) is 0.923. The zero-order valence-electron chi connectivity index (χ0n) is 11.7. The fourth-order valence-electron chi connectivity index (χ4n) is 2.91. The van der Waals surface area contributed by atoms with Gasteiger partial charge in [-0.3, -0.25) is 0 Å². The smallest absolute Gasteiger partial charge is 0.0951 e. The number of nitrogens with zero attached hydrogens (tertiary/aromatic N) is 2. The van der Waals surface area contributed by atoms with Gasteiger partial charge in [0.15, 0.2) is 0 Å². The molecule has 1 aliphatic rings. The van der Waals surface area contributed by atoms with Crippen LogP contribution in [-0.4, -0.2) is 15.6 Å². The van der Waals surface area contributed by atoms with Crippen LogP contribution >= 0.6 is 15.9 Å². The van der Waals surface area contributed by atoms with E-state index in [0.29, 0.717) is 12.1 Å². The largest absolute Gasteiger partial charge is 0.329 e. The molecule has 106 valence electrons. The molecule has 0 radical (unpaired) electrons. The van der Waals surface area contributed by atoms with Crippen LogP contribution < -0.4 is 5.32 Å². The van der Waals surface area contributed by atoms with E-state index in [9.17, 15) is 0 Å². The van der Waals surface area contributed by atoms with Gasteiger partial charge in [-0.25, -0.2) is 4.98 Å². The number of halogens is 1. The summed E-state index contributed by atoms with van der Waals surface area (Å²) in [6.07, 6.45) is 7.73. The summed E-state index contributed by atoms with van der Waals surface area (Å²) >= 11 is 3.48. The molecule has 0 amide bonds. The van der Waals surface area contributed by atoms with E-state index < -0.39 is 0 Å². The van der Waals surface area contributed by atoms with Crippen molar-refractivity contribution in [2.24, 2.45) is 0 Å². The molecule has 1 N–H and O–H groups in total. The molecule has 2 atom stereocenters. The molecule has 0 aliphatic carbocycles. The molecular formula is C16H20BrN3. The first-order valence-corrected chi connectivity index (χ1v) is 8.02. The van der Waals surface area contributed by atoms with Gasteiger partial charge >= 0.3 is 0 Å². The Hall–Kier alpha value is -1.13. The Morgan fingerprint density at radius 3 is 2.85 bits per heavy atom. The summed E-state index contributed by atoms with van der Waals surface area (Å²) < 4.78 is 3.38. The van der Waals surface area contributed by atoms with Gasteiger partial charge < -0.3 is 9.88 Å². The van der Waals surface area contributed by atoms with Gasteiger partial charge in [0.05, 0.1) is 12.0 Å². The average Bonchev–Trinajstić information content (AvgIpc) is 2.89. The molecule has 2 aromatic rings. The highest BCUT2D eigenvalue weighted by Crippen LogP contribution is 2.25. The minimum atomic E-state index is 0.441. The maximum atomic E-state index is 4.35. The van der Waals surface area contributed by atoms with E-state index in [1.54, 1.807) is 0 Å². The Balaban J connectivity index is 1.77. The summed E-state index contributed by atoms with van der Waals surface area (Å²) in [5.74, 6) is 0. The summed E-state index contributed by atoms with van der Waals surface area (Å²) in [7, 11) is 0. The number of hydrogen-bond acceptors (Lipinski definition) is 2. The number of aromatic nitrogens is 2. The molecule has 2 unspecified atom stereocenters. The summed E-state index contributed by atoms with van der Waals surface area (Å²) in [5, 5.41) is 3.69. The van der Waals surface area contributed by atoms with Gasteiger partial charge in [-0.1, -0.05) is 28.1 Å². The van der Waals surface area contributed by atoms with Crippen LogP contribution in [0.3, 0.4) is 0 Å². The van der Waals surface area contributed by atoms with Crippen molar-refractivity contribution >= 4 is 15.9 Å². The molecule has 1 aromatic carbocycles. The predicted molar refractivity (Wildman–Crippen MR) is 84.7 cm³/mol. The molecule has 3 rings (SSSR count). The molecule has 1 saturated heterocycles.